The number of carbonyl (C=O) groups is 1. The lowest BCUT2D eigenvalue weighted by atomic mass is 9.91. The molecule has 4 rings (SSSR count). The summed E-state index contributed by atoms with van der Waals surface area (Å²) < 4.78 is 19.7. The van der Waals surface area contributed by atoms with E-state index in [2.05, 4.69) is 5.32 Å². The highest BCUT2D eigenvalue weighted by molar-refractivity contribution is 5.85. The van der Waals surface area contributed by atoms with E-state index < -0.39 is 0 Å². The van der Waals surface area contributed by atoms with Gasteiger partial charge >= 0.3 is 0 Å². The number of rotatable bonds is 2. The Kier molecular flexibility index (Phi) is 5.13. The molecule has 2 unspecified atom stereocenters. The molecule has 2 aliphatic heterocycles. The zero-order chi connectivity index (χ0) is 15.9. The first-order valence-electron chi connectivity index (χ1n) is 8.55. The highest BCUT2D eigenvalue weighted by Crippen LogP contribution is 2.59. The van der Waals surface area contributed by atoms with E-state index in [-0.39, 0.29) is 41.6 Å². The van der Waals surface area contributed by atoms with Gasteiger partial charge < -0.3 is 15.0 Å². The van der Waals surface area contributed by atoms with Crippen molar-refractivity contribution < 1.29 is 13.9 Å². The summed E-state index contributed by atoms with van der Waals surface area (Å²) in [6.45, 7) is 3.60. The van der Waals surface area contributed by atoms with E-state index in [0.717, 1.165) is 32.4 Å². The average Bonchev–Trinajstić information content (AvgIpc) is 3.28. The molecule has 1 amide bonds. The maximum absolute atomic E-state index is 14.0. The maximum atomic E-state index is 14.0. The van der Waals surface area contributed by atoms with Crippen LogP contribution in [0.5, 0.6) is 0 Å². The number of ether oxygens (including phenoxy) is 1. The molecule has 2 heterocycles. The minimum Gasteiger partial charge on any atom is -0.370 e. The van der Waals surface area contributed by atoms with Gasteiger partial charge in [0.1, 0.15) is 11.9 Å². The Morgan fingerprint density at radius 1 is 1.29 bits per heavy atom. The molecule has 3 fully saturated rings. The van der Waals surface area contributed by atoms with E-state index in [1.807, 2.05) is 11.0 Å². The second-order valence-electron chi connectivity index (χ2n) is 7.03. The van der Waals surface area contributed by atoms with Crippen LogP contribution >= 0.6 is 12.4 Å². The Bertz CT molecular complexity index is 606. The monoisotopic (exact) mass is 354 g/mol. The summed E-state index contributed by atoms with van der Waals surface area (Å²) in [7, 11) is 0. The SMILES string of the molecule is Cl.O=C(C1CC12CCNCC2)N1CCOC(c2ccccc2F)C1. The van der Waals surface area contributed by atoms with Crippen LogP contribution in [0.1, 0.15) is 30.9 Å². The minimum absolute atomic E-state index is 0. The third-order valence-electron chi connectivity index (χ3n) is 5.72. The van der Waals surface area contributed by atoms with Gasteiger partial charge in [-0.3, -0.25) is 4.79 Å². The van der Waals surface area contributed by atoms with Crippen LogP contribution in [0.4, 0.5) is 4.39 Å². The van der Waals surface area contributed by atoms with Crippen LogP contribution in [0.15, 0.2) is 24.3 Å². The number of hydrogen-bond acceptors (Lipinski definition) is 3. The predicted molar refractivity (Wildman–Crippen MR) is 91.6 cm³/mol. The zero-order valence-corrected chi connectivity index (χ0v) is 14.5. The molecule has 1 N–H and O–H groups in total. The van der Waals surface area contributed by atoms with E-state index >= 15 is 0 Å². The number of nitrogens with one attached hydrogen (secondary N) is 1. The topological polar surface area (TPSA) is 41.6 Å². The fraction of sp³-hybridized carbons (Fsp3) is 0.611. The molecule has 1 saturated carbocycles. The number of piperidine rings is 1. The van der Waals surface area contributed by atoms with Gasteiger partial charge in [-0.05, 0) is 43.8 Å². The number of nitrogens with zero attached hydrogens (tertiary/aromatic N) is 1. The van der Waals surface area contributed by atoms with Gasteiger partial charge in [-0.2, -0.15) is 0 Å². The molecule has 1 aliphatic carbocycles. The lowest BCUT2D eigenvalue weighted by Gasteiger charge is -2.34. The number of carbonyl (C=O) groups excluding carboxylic acids is 1. The van der Waals surface area contributed by atoms with Crippen molar-refractivity contribution in [3.05, 3.63) is 35.6 Å². The minimum atomic E-state index is -0.350. The Morgan fingerprint density at radius 3 is 2.79 bits per heavy atom. The van der Waals surface area contributed by atoms with Crippen molar-refractivity contribution >= 4 is 18.3 Å². The molecule has 4 nitrogen and oxygen atoms in total. The van der Waals surface area contributed by atoms with Crippen LogP contribution in [0.25, 0.3) is 0 Å². The summed E-state index contributed by atoms with van der Waals surface area (Å²) in [4.78, 5) is 14.7. The first kappa shape index (κ1) is 17.6. The van der Waals surface area contributed by atoms with E-state index in [1.165, 1.54) is 6.07 Å². The molecule has 0 aromatic heterocycles. The Hall–Kier alpha value is -1.17. The van der Waals surface area contributed by atoms with Crippen molar-refractivity contribution in [3.63, 3.8) is 0 Å². The second-order valence-corrected chi connectivity index (χ2v) is 7.03. The molecular weight excluding hydrogens is 331 g/mol. The fourth-order valence-electron chi connectivity index (χ4n) is 4.17. The van der Waals surface area contributed by atoms with Crippen LogP contribution in [0, 0.1) is 17.2 Å². The molecular formula is C18H24ClFN2O2. The Morgan fingerprint density at radius 2 is 2.04 bits per heavy atom. The quantitative estimate of drug-likeness (QED) is 0.887. The molecule has 1 aromatic carbocycles. The fourth-order valence-corrected chi connectivity index (χ4v) is 4.17. The van der Waals surface area contributed by atoms with Crippen LogP contribution in [0.3, 0.4) is 0 Å². The number of amides is 1. The van der Waals surface area contributed by atoms with Crippen molar-refractivity contribution in [2.75, 3.05) is 32.8 Å². The molecule has 3 aliphatic rings. The standard InChI is InChI=1S/C18H23FN2O2.ClH/c19-15-4-2-1-3-13(15)16-12-21(9-10-23-16)17(22)14-11-18(14)5-7-20-8-6-18;/h1-4,14,16,20H,5-12H2;1H. The van der Waals surface area contributed by atoms with Gasteiger partial charge in [-0.25, -0.2) is 4.39 Å². The highest BCUT2D eigenvalue weighted by Gasteiger charge is 2.58. The molecule has 6 heteroatoms. The van der Waals surface area contributed by atoms with Gasteiger partial charge in [0.15, 0.2) is 0 Å². The van der Waals surface area contributed by atoms with Gasteiger partial charge in [-0.15, -0.1) is 12.4 Å². The number of benzene rings is 1. The summed E-state index contributed by atoms with van der Waals surface area (Å²) in [5.74, 6) is 0.161. The van der Waals surface area contributed by atoms with Crippen molar-refractivity contribution in [1.82, 2.24) is 10.2 Å². The molecule has 0 radical (unpaired) electrons. The number of hydrogen-bond donors (Lipinski definition) is 1. The zero-order valence-electron chi connectivity index (χ0n) is 13.7. The first-order valence-corrected chi connectivity index (χ1v) is 8.55. The third-order valence-corrected chi connectivity index (χ3v) is 5.72. The lowest BCUT2D eigenvalue weighted by Crippen LogP contribution is -2.44. The molecule has 2 saturated heterocycles. The van der Waals surface area contributed by atoms with E-state index in [0.29, 0.717) is 25.3 Å². The average molecular weight is 355 g/mol. The van der Waals surface area contributed by atoms with Crippen LogP contribution < -0.4 is 5.32 Å². The van der Waals surface area contributed by atoms with E-state index in [1.54, 1.807) is 12.1 Å². The van der Waals surface area contributed by atoms with E-state index in [9.17, 15) is 9.18 Å². The van der Waals surface area contributed by atoms with Gasteiger partial charge in [0.2, 0.25) is 5.91 Å². The second kappa shape index (κ2) is 6.98. The normalized spacial score (nSPS) is 28.3. The van der Waals surface area contributed by atoms with Crippen molar-refractivity contribution in [2.45, 2.75) is 25.4 Å². The molecule has 132 valence electrons. The van der Waals surface area contributed by atoms with Gasteiger partial charge in [0.05, 0.1) is 13.2 Å². The van der Waals surface area contributed by atoms with Crippen LogP contribution in [-0.4, -0.2) is 43.6 Å². The number of halogens is 2. The summed E-state index contributed by atoms with van der Waals surface area (Å²) in [5, 5.41) is 3.37. The molecule has 1 aromatic rings. The number of morpholine rings is 1. The van der Waals surface area contributed by atoms with Crippen molar-refractivity contribution in [1.29, 1.82) is 0 Å². The maximum Gasteiger partial charge on any atom is 0.226 e. The third kappa shape index (κ3) is 3.17. The van der Waals surface area contributed by atoms with E-state index in [4.69, 9.17) is 4.74 Å². The largest absolute Gasteiger partial charge is 0.370 e. The summed E-state index contributed by atoms with van der Waals surface area (Å²) >= 11 is 0. The molecule has 24 heavy (non-hydrogen) atoms. The van der Waals surface area contributed by atoms with Gasteiger partial charge in [0, 0.05) is 18.0 Å². The van der Waals surface area contributed by atoms with Gasteiger partial charge in [0.25, 0.3) is 0 Å². The van der Waals surface area contributed by atoms with Crippen molar-refractivity contribution in [3.8, 4) is 0 Å². The molecule has 2 atom stereocenters. The smallest absolute Gasteiger partial charge is 0.226 e. The predicted octanol–water partition coefficient (Wildman–Crippen LogP) is 2.54. The summed E-state index contributed by atoms with van der Waals surface area (Å²) in [5.41, 5.74) is 0.797. The molecule has 1 spiro atoms. The summed E-state index contributed by atoms with van der Waals surface area (Å²) in [6, 6.07) is 6.69. The Balaban J connectivity index is 0.00000169. The molecule has 0 bridgehead atoms. The first-order chi connectivity index (χ1) is 11.2. The summed E-state index contributed by atoms with van der Waals surface area (Å²) in [6.07, 6.45) is 2.88. The van der Waals surface area contributed by atoms with Crippen LogP contribution in [-0.2, 0) is 9.53 Å². The highest BCUT2D eigenvalue weighted by atomic mass is 35.5. The van der Waals surface area contributed by atoms with Gasteiger partial charge in [-0.1, -0.05) is 18.2 Å². The van der Waals surface area contributed by atoms with Crippen molar-refractivity contribution in [2.24, 2.45) is 11.3 Å². The lowest BCUT2D eigenvalue weighted by molar-refractivity contribution is -0.141. The van der Waals surface area contributed by atoms with Crippen LogP contribution in [0.2, 0.25) is 0 Å². The Labute approximate surface area is 148 Å².